The van der Waals surface area contributed by atoms with Gasteiger partial charge in [-0.2, -0.15) is 0 Å². The highest BCUT2D eigenvalue weighted by Gasteiger charge is 2.20. The first kappa shape index (κ1) is 68.6. The molecular formula is C64H125NO5. The van der Waals surface area contributed by atoms with Crippen LogP contribution in [0.5, 0.6) is 0 Å². The minimum Gasteiger partial charge on any atom is -0.466 e. The van der Waals surface area contributed by atoms with Gasteiger partial charge in [-0.3, -0.25) is 9.59 Å². The lowest BCUT2D eigenvalue weighted by Gasteiger charge is -2.22. The van der Waals surface area contributed by atoms with Crippen molar-refractivity contribution < 1.29 is 24.5 Å². The van der Waals surface area contributed by atoms with E-state index in [4.69, 9.17) is 4.74 Å². The first-order chi connectivity index (χ1) is 34.5. The molecule has 0 rings (SSSR count). The Morgan fingerprint density at radius 3 is 1.03 bits per heavy atom. The average Bonchev–Trinajstić information content (AvgIpc) is 3.36. The molecule has 0 radical (unpaired) electrons. The zero-order chi connectivity index (χ0) is 50.7. The molecule has 1 amide bonds. The number of rotatable bonds is 60. The number of hydrogen-bond acceptors (Lipinski definition) is 5. The van der Waals surface area contributed by atoms with Crippen LogP contribution in [-0.2, 0) is 14.3 Å². The number of unbranched alkanes of at least 4 members (excludes halogenated alkanes) is 47. The van der Waals surface area contributed by atoms with Crippen LogP contribution in [0.15, 0.2) is 12.2 Å². The van der Waals surface area contributed by atoms with Crippen molar-refractivity contribution in [1.29, 1.82) is 0 Å². The van der Waals surface area contributed by atoms with Gasteiger partial charge >= 0.3 is 5.97 Å². The van der Waals surface area contributed by atoms with Crippen LogP contribution in [-0.4, -0.2) is 47.4 Å². The van der Waals surface area contributed by atoms with Gasteiger partial charge in [-0.1, -0.05) is 309 Å². The van der Waals surface area contributed by atoms with E-state index < -0.39 is 12.1 Å². The van der Waals surface area contributed by atoms with Crippen LogP contribution in [0.4, 0.5) is 0 Å². The van der Waals surface area contributed by atoms with Crippen molar-refractivity contribution in [1.82, 2.24) is 5.32 Å². The molecule has 0 aromatic rings. The van der Waals surface area contributed by atoms with Crippen LogP contribution in [0.2, 0.25) is 0 Å². The summed E-state index contributed by atoms with van der Waals surface area (Å²) in [6.45, 7) is 4.96. The number of aliphatic hydroxyl groups is 2. The summed E-state index contributed by atoms with van der Waals surface area (Å²) in [4.78, 5) is 24.5. The van der Waals surface area contributed by atoms with E-state index in [0.29, 0.717) is 25.9 Å². The van der Waals surface area contributed by atoms with Gasteiger partial charge in [0.1, 0.15) is 0 Å². The second kappa shape index (κ2) is 60.2. The molecule has 6 heteroatoms. The highest BCUT2D eigenvalue weighted by molar-refractivity contribution is 5.76. The average molecular weight is 989 g/mol. The molecule has 0 saturated carbocycles. The maximum absolute atomic E-state index is 12.5. The first-order valence-corrected chi connectivity index (χ1v) is 31.9. The van der Waals surface area contributed by atoms with Gasteiger partial charge in [0.2, 0.25) is 5.91 Å². The van der Waals surface area contributed by atoms with Crippen LogP contribution in [0.1, 0.15) is 361 Å². The Kier molecular flexibility index (Phi) is 59.0. The maximum atomic E-state index is 12.5. The molecule has 3 N–H and O–H groups in total. The van der Waals surface area contributed by atoms with Crippen molar-refractivity contribution in [2.24, 2.45) is 0 Å². The molecule has 0 aliphatic rings. The molecule has 0 bridgehead atoms. The number of nitrogens with one attached hydrogen (secondary N) is 1. The predicted molar refractivity (Wildman–Crippen MR) is 306 cm³/mol. The van der Waals surface area contributed by atoms with E-state index in [-0.39, 0.29) is 18.5 Å². The fourth-order valence-corrected chi connectivity index (χ4v) is 10.2. The van der Waals surface area contributed by atoms with Crippen molar-refractivity contribution in [2.45, 2.75) is 373 Å². The standard InChI is InChI=1S/C64H125NO5/c1-3-5-7-9-11-13-15-17-18-19-26-29-33-36-40-44-48-52-56-62(67)61(60-66)65-63(68)57-53-49-45-41-37-34-30-27-24-22-20-21-23-25-28-31-35-39-43-47-51-55-59-70-64(69)58-54-50-46-42-38-32-16-14-12-10-8-6-4-2/h14,16,61-62,66-67H,3-13,15,17-60H2,1-2H3,(H,65,68)/b16-14-. The Morgan fingerprint density at radius 2 is 0.671 bits per heavy atom. The Balaban J connectivity index is 3.38. The summed E-state index contributed by atoms with van der Waals surface area (Å²) in [6.07, 6.45) is 72.2. The number of carbonyl (C=O) groups excluding carboxylic acids is 2. The van der Waals surface area contributed by atoms with Crippen LogP contribution in [0.3, 0.4) is 0 Å². The summed E-state index contributed by atoms with van der Waals surface area (Å²) in [5.41, 5.74) is 0. The summed E-state index contributed by atoms with van der Waals surface area (Å²) in [5, 5.41) is 23.4. The molecule has 0 heterocycles. The van der Waals surface area contributed by atoms with E-state index in [1.165, 1.54) is 283 Å². The number of ether oxygens (including phenoxy) is 1. The Morgan fingerprint density at radius 1 is 0.386 bits per heavy atom. The molecule has 2 atom stereocenters. The molecule has 2 unspecified atom stereocenters. The van der Waals surface area contributed by atoms with E-state index in [1.807, 2.05) is 0 Å². The molecule has 0 aliphatic heterocycles. The number of allylic oxidation sites excluding steroid dienone is 2. The monoisotopic (exact) mass is 988 g/mol. The minimum atomic E-state index is -0.664. The number of amides is 1. The number of aliphatic hydroxyl groups excluding tert-OH is 2. The summed E-state index contributed by atoms with van der Waals surface area (Å²) >= 11 is 0. The molecule has 0 aromatic carbocycles. The SMILES string of the molecule is CCCCCC/C=C\CCCCCCCC(=O)OCCCCCCCCCCCCCCCCCCCCCCCCC(=O)NC(CO)C(O)CCCCCCCCCCCCCCCCCCCC. The third-order valence-electron chi connectivity index (χ3n) is 15.1. The van der Waals surface area contributed by atoms with Gasteiger partial charge < -0.3 is 20.3 Å². The van der Waals surface area contributed by atoms with Crippen molar-refractivity contribution in [3.05, 3.63) is 12.2 Å². The van der Waals surface area contributed by atoms with Crippen LogP contribution in [0, 0.1) is 0 Å². The molecule has 0 aromatic heterocycles. The van der Waals surface area contributed by atoms with Crippen molar-refractivity contribution >= 4 is 11.9 Å². The third kappa shape index (κ3) is 55.9. The van der Waals surface area contributed by atoms with Crippen LogP contribution in [0.25, 0.3) is 0 Å². The molecule has 416 valence electrons. The van der Waals surface area contributed by atoms with E-state index in [1.54, 1.807) is 0 Å². The van der Waals surface area contributed by atoms with Gasteiger partial charge in [0.15, 0.2) is 0 Å². The zero-order valence-electron chi connectivity index (χ0n) is 47.5. The van der Waals surface area contributed by atoms with Crippen molar-refractivity contribution in [3.63, 3.8) is 0 Å². The zero-order valence-corrected chi connectivity index (χ0v) is 47.5. The maximum Gasteiger partial charge on any atom is 0.305 e. The Labute approximate surface area is 438 Å². The summed E-state index contributed by atoms with van der Waals surface area (Å²) in [5.74, 6) is -0.0268. The molecule has 70 heavy (non-hydrogen) atoms. The molecule has 0 fully saturated rings. The Hall–Kier alpha value is -1.40. The van der Waals surface area contributed by atoms with E-state index >= 15 is 0 Å². The van der Waals surface area contributed by atoms with E-state index in [0.717, 1.165) is 44.9 Å². The van der Waals surface area contributed by atoms with Crippen molar-refractivity contribution in [2.75, 3.05) is 13.2 Å². The lowest BCUT2D eigenvalue weighted by molar-refractivity contribution is -0.143. The van der Waals surface area contributed by atoms with Gasteiger partial charge in [-0.15, -0.1) is 0 Å². The van der Waals surface area contributed by atoms with Gasteiger partial charge in [-0.05, 0) is 51.4 Å². The molecule has 6 nitrogen and oxygen atoms in total. The van der Waals surface area contributed by atoms with E-state index in [2.05, 4.69) is 31.3 Å². The topological polar surface area (TPSA) is 95.9 Å². The van der Waals surface area contributed by atoms with Gasteiger partial charge in [0, 0.05) is 12.8 Å². The largest absolute Gasteiger partial charge is 0.466 e. The molecule has 0 saturated heterocycles. The summed E-state index contributed by atoms with van der Waals surface area (Å²) < 4.78 is 5.47. The van der Waals surface area contributed by atoms with Gasteiger partial charge in [-0.25, -0.2) is 0 Å². The highest BCUT2D eigenvalue weighted by atomic mass is 16.5. The third-order valence-corrected chi connectivity index (χ3v) is 15.1. The highest BCUT2D eigenvalue weighted by Crippen LogP contribution is 2.18. The normalized spacial score (nSPS) is 12.6. The van der Waals surface area contributed by atoms with Gasteiger partial charge in [0.05, 0.1) is 25.4 Å². The quantitative estimate of drug-likeness (QED) is 0.0321. The fraction of sp³-hybridized carbons (Fsp3) is 0.938. The lowest BCUT2D eigenvalue weighted by Crippen LogP contribution is -2.45. The second-order valence-corrected chi connectivity index (χ2v) is 22.1. The molecular weight excluding hydrogens is 863 g/mol. The summed E-state index contributed by atoms with van der Waals surface area (Å²) in [6, 6.07) is -0.541. The van der Waals surface area contributed by atoms with Crippen LogP contribution >= 0.6 is 0 Å². The molecule has 0 spiro atoms. The predicted octanol–water partition coefficient (Wildman–Crippen LogP) is 20.0. The Bertz CT molecular complexity index is 1050. The van der Waals surface area contributed by atoms with Crippen LogP contribution < -0.4 is 5.32 Å². The van der Waals surface area contributed by atoms with Gasteiger partial charge in [0.25, 0.3) is 0 Å². The second-order valence-electron chi connectivity index (χ2n) is 22.1. The van der Waals surface area contributed by atoms with E-state index in [9.17, 15) is 19.8 Å². The summed E-state index contributed by atoms with van der Waals surface area (Å²) in [7, 11) is 0. The smallest absolute Gasteiger partial charge is 0.305 e. The minimum absolute atomic E-state index is 0.00483. The lowest BCUT2D eigenvalue weighted by atomic mass is 10.0. The first-order valence-electron chi connectivity index (χ1n) is 31.9. The van der Waals surface area contributed by atoms with Crippen molar-refractivity contribution in [3.8, 4) is 0 Å². The number of carbonyl (C=O) groups is 2. The number of hydrogen-bond donors (Lipinski definition) is 3. The molecule has 0 aliphatic carbocycles. The number of esters is 1. The fourth-order valence-electron chi connectivity index (χ4n) is 10.2.